The zero-order valence-electron chi connectivity index (χ0n) is 15.2. The van der Waals surface area contributed by atoms with E-state index in [0.717, 1.165) is 0 Å². The van der Waals surface area contributed by atoms with E-state index >= 15 is 0 Å². The molecule has 2 aromatic rings. The fourth-order valence-electron chi connectivity index (χ4n) is 2.30. The summed E-state index contributed by atoms with van der Waals surface area (Å²) in [6.07, 6.45) is 1.34. The number of phenols is 1. The molecule has 0 heterocycles. The highest BCUT2D eigenvalue weighted by Crippen LogP contribution is 2.35. The van der Waals surface area contributed by atoms with E-state index < -0.39 is 5.91 Å². The van der Waals surface area contributed by atoms with Crippen molar-refractivity contribution in [3.8, 4) is 17.6 Å². The summed E-state index contributed by atoms with van der Waals surface area (Å²) >= 11 is 5.97. The smallest absolute Gasteiger partial charge is 0.266 e. The number of nitrogens with one attached hydrogen (secondary N) is 2. The molecule has 0 bridgehead atoms. The monoisotopic (exact) mass is 399 g/mol. The molecule has 8 heteroatoms. The Balaban J connectivity index is 2.21. The molecule has 2 aromatic carbocycles. The fraction of sp³-hybridized carbons (Fsp3) is 0.150. The average Bonchev–Trinajstić information content (AvgIpc) is 2.65. The molecule has 0 spiro atoms. The van der Waals surface area contributed by atoms with Gasteiger partial charge in [-0.15, -0.1) is 0 Å². The SMILES string of the molecule is CCOc1cc(C=C(C#N)C(=O)Nc2ccc(NC(C)=O)cc2)cc(Cl)c1O. The van der Waals surface area contributed by atoms with Crippen molar-refractivity contribution >= 4 is 40.9 Å². The molecule has 0 aliphatic rings. The van der Waals surface area contributed by atoms with Gasteiger partial charge in [-0.05, 0) is 55.0 Å². The zero-order valence-corrected chi connectivity index (χ0v) is 16.0. The molecule has 2 amide bonds. The Morgan fingerprint density at radius 1 is 1.21 bits per heavy atom. The zero-order chi connectivity index (χ0) is 20.7. The third-order valence-electron chi connectivity index (χ3n) is 3.49. The summed E-state index contributed by atoms with van der Waals surface area (Å²) in [5.74, 6) is -0.863. The molecule has 0 saturated carbocycles. The maximum atomic E-state index is 12.4. The Labute approximate surface area is 167 Å². The minimum Gasteiger partial charge on any atom is -0.503 e. The normalized spacial score (nSPS) is 10.7. The second-order valence-corrected chi connectivity index (χ2v) is 6.07. The van der Waals surface area contributed by atoms with Gasteiger partial charge < -0.3 is 20.5 Å². The number of benzene rings is 2. The molecule has 0 unspecified atom stereocenters. The summed E-state index contributed by atoms with van der Waals surface area (Å²) in [6.45, 7) is 3.46. The molecule has 0 aromatic heterocycles. The predicted molar refractivity (Wildman–Crippen MR) is 107 cm³/mol. The molecular weight excluding hydrogens is 382 g/mol. The highest BCUT2D eigenvalue weighted by molar-refractivity contribution is 6.32. The number of halogens is 1. The molecule has 3 N–H and O–H groups in total. The standard InChI is InChI=1S/C20H18ClN3O4/c1-3-28-18-10-13(9-17(21)19(18)26)8-14(11-22)20(27)24-16-6-4-15(5-7-16)23-12(2)25/h4-10,26H,3H2,1-2H3,(H,23,25)(H,24,27). The van der Waals surface area contributed by atoms with Crippen LogP contribution in [0.1, 0.15) is 19.4 Å². The van der Waals surface area contributed by atoms with Gasteiger partial charge in [-0.25, -0.2) is 0 Å². The summed E-state index contributed by atoms with van der Waals surface area (Å²) in [7, 11) is 0. The lowest BCUT2D eigenvalue weighted by Crippen LogP contribution is -2.13. The number of rotatable bonds is 6. The maximum Gasteiger partial charge on any atom is 0.266 e. The van der Waals surface area contributed by atoms with Crippen LogP contribution < -0.4 is 15.4 Å². The van der Waals surface area contributed by atoms with E-state index in [1.54, 1.807) is 31.2 Å². The van der Waals surface area contributed by atoms with Gasteiger partial charge in [-0.2, -0.15) is 5.26 Å². The molecule has 0 radical (unpaired) electrons. The van der Waals surface area contributed by atoms with Crippen LogP contribution in [0.4, 0.5) is 11.4 Å². The highest BCUT2D eigenvalue weighted by Gasteiger charge is 2.13. The lowest BCUT2D eigenvalue weighted by Gasteiger charge is -2.09. The van der Waals surface area contributed by atoms with Gasteiger partial charge in [0.15, 0.2) is 11.5 Å². The topological polar surface area (TPSA) is 111 Å². The fourth-order valence-corrected chi connectivity index (χ4v) is 2.52. The molecule has 0 saturated heterocycles. The number of phenolic OH excluding ortho intramolecular Hbond substituents is 1. The van der Waals surface area contributed by atoms with E-state index in [1.807, 2.05) is 6.07 Å². The van der Waals surface area contributed by atoms with Crippen LogP contribution in [-0.4, -0.2) is 23.5 Å². The number of amides is 2. The number of ether oxygens (including phenoxy) is 1. The molecule has 2 rings (SSSR count). The maximum absolute atomic E-state index is 12.4. The average molecular weight is 400 g/mol. The van der Waals surface area contributed by atoms with Gasteiger partial charge in [0, 0.05) is 18.3 Å². The second-order valence-electron chi connectivity index (χ2n) is 5.66. The van der Waals surface area contributed by atoms with Crippen molar-refractivity contribution in [2.75, 3.05) is 17.2 Å². The van der Waals surface area contributed by atoms with Crippen molar-refractivity contribution in [1.82, 2.24) is 0 Å². The molecule has 144 valence electrons. The number of carbonyl (C=O) groups is 2. The van der Waals surface area contributed by atoms with Gasteiger partial charge in [-0.3, -0.25) is 9.59 Å². The predicted octanol–water partition coefficient (Wildman–Crippen LogP) is 3.95. The van der Waals surface area contributed by atoms with Crippen molar-refractivity contribution in [2.45, 2.75) is 13.8 Å². The lowest BCUT2D eigenvalue weighted by molar-refractivity contribution is -0.114. The summed E-state index contributed by atoms with van der Waals surface area (Å²) < 4.78 is 5.29. The number of carbonyl (C=O) groups excluding carboxylic acids is 2. The minimum atomic E-state index is -0.614. The van der Waals surface area contributed by atoms with Crippen molar-refractivity contribution in [3.63, 3.8) is 0 Å². The first-order valence-electron chi connectivity index (χ1n) is 8.30. The molecule has 0 atom stereocenters. The Morgan fingerprint density at radius 3 is 2.36 bits per heavy atom. The largest absolute Gasteiger partial charge is 0.503 e. The minimum absolute atomic E-state index is 0.0449. The third-order valence-corrected chi connectivity index (χ3v) is 3.78. The van der Waals surface area contributed by atoms with Crippen LogP contribution in [0, 0.1) is 11.3 Å². The first kappa shape index (κ1) is 20.8. The van der Waals surface area contributed by atoms with Gasteiger partial charge in [-0.1, -0.05) is 11.6 Å². The summed E-state index contributed by atoms with van der Waals surface area (Å²) in [5, 5.41) is 24.5. The van der Waals surface area contributed by atoms with Gasteiger partial charge >= 0.3 is 0 Å². The first-order valence-corrected chi connectivity index (χ1v) is 8.68. The van der Waals surface area contributed by atoms with Crippen LogP contribution >= 0.6 is 11.6 Å². The first-order chi connectivity index (χ1) is 13.3. The van der Waals surface area contributed by atoms with Crippen LogP contribution in [0.25, 0.3) is 6.08 Å². The van der Waals surface area contributed by atoms with E-state index in [-0.39, 0.29) is 28.0 Å². The van der Waals surface area contributed by atoms with Gasteiger partial charge in [0.05, 0.1) is 11.6 Å². The number of nitrogens with zero attached hydrogens (tertiary/aromatic N) is 1. The van der Waals surface area contributed by atoms with Crippen molar-refractivity contribution in [3.05, 3.63) is 52.6 Å². The molecule has 0 aliphatic heterocycles. The Hall–Kier alpha value is -3.50. The number of hydrogen-bond acceptors (Lipinski definition) is 5. The molecule has 28 heavy (non-hydrogen) atoms. The lowest BCUT2D eigenvalue weighted by atomic mass is 10.1. The summed E-state index contributed by atoms with van der Waals surface area (Å²) in [6, 6.07) is 11.2. The van der Waals surface area contributed by atoms with Crippen molar-refractivity contribution in [1.29, 1.82) is 5.26 Å². The molecule has 0 fully saturated rings. The van der Waals surface area contributed by atoms with Gasteiger partial charge in [0.2, 0.25) is 5.91 Å². The Kier molecular flexibility index (Phi) is 7.02. The van der Waals surface area contributed by atoms with E-state index in [9.17, 15) is 20.0 Å². The van der Waals surface area contributed by atoms with E-state index in [1.165, 1.54) is 25.1 Å². The second kappa shape index (κ2) is 9.44. The van der Waals surface area contributed by atoms with Gasteiger partial charge in [0.1, 0.15) is 11.6 Å². The van der Waals surface area contributed by atoms with Crippen LogP contribution in [0.5, 0.6) is 11.5 Å². The highest BCUT2D eigenvalue weighted by atomic mass is 35.5. The summed E-state index contributed by atoms with van der Waals surface area (Å²) in [5.41, 5.74) is 1.32. The Bertz CT molecular complexity index is 963. The van der Waals surface area contributed by atoms with E-state index in [4.69, 9.17) is 16.3 Å². The number of anilines is 2. The number of nitriles is 1. The third kappa shape index (κ3) is 5.50. The van der Waals surface area contributed by atoms with E-state index in [0.29, 0.717) is 23.5 Å². The molecule has 7 nitrogen and oxygen atoms in total. The number of aromatic hydroxyl groups is 1. The summed E-state index contributed by atoms with van der Waals surface area (Å²) in [4.78, 5) is 23.4. The van der Waals surface area contributed by atoms with Crippen LogP contribution in [0.15, 0.2) is 42.0 Å². The van der Waals surface area contributed by atoms with Crippen LogP contribution in [0.3, 0.4) is 0 Å². The number of hydrogen-bond donors (Lipinski definition) is 3. The van der Waals surface area contributed by atoms with Crippen molar-refractivity contribution < 1.29 is 19.4 Å². The van der Waals surface area contributed by atoms with Crippen molar-refractivity contribution in [2.24, 2.45) is 0 Å². The van der Waals surface area contributed by atoms with E-state index in [2.05, 4.69) is 10.6 Å². The molecule has 0 aliphatic carbocycles. The van der Waals surface area contributed by atoms with Gasteiger partial charge in [0.25, 0.3) is 5.91 Å². The molecular formula is C20H18ClN3O4. The Morgan fingerprint density at radius 2 is 1.82 bits per heavy atom. The quantitative estimate of drug-likeness (QED) is 0.503. The van der Waals surface area contributed by atoms with Crippen LogP contribution in [-0.2, 0) is 9.59 Å². The van der Waals surface area contributed by atoms with Crippen LogP contribution in [0.2, 0.25) is 5.02 Å².